The van der Waals surface area contributed by atoms with Crippen LogP contribution < -0.4 is 0 Å². The fourth-order valence-corrected chi connectivity index (χ4v) is 3.60. The van der Waals surface area contributed by atoms with E-state index in [0.717, 1.165) is 29.1 Å². The fraction of sp³-hybridized carbons (Fsp3) is 0.176. The van der Waals surface area contributed by atoms with Crippen molar-refractivity contribution < 1.29 is 9.90 Å². The molecule has 0 amide bonds. The zero-order chi connectivity index (χ0) is 14.4. The number of hydrogen-bond acceptors (Lipinski definition) is 3. The Morgan fingerprint density at radius 2 is 2.00 bits per heavy atom. The molecule has 0 atom stereocenters. The van der Waals surface area contributed by atoms with E-state index >= 15 is 0 Å². The normalized spacial score (nSPS) is 14.5. The molecule has 1 aliphatic rings. The lowest BCUT2D eigenvalue weighted by atomic mass is 10.1. The predicted octanol–water partition coefficient (Wildman–Crippen LogP) is 4.54. The molecule has 0 radical (unpaired) electrons. The summed E-state index contributed by atoms with van der Waals surface area (Å²) >= 11 is 1.70. The second kappa shape index (κ2) is 4.67. The lowest BCUT2D eigenvalue weighted by Crippen LogP contribution is -2.04. The number of pyridine rings is 1. The molecule has 4 rings (SSSR count). The third-order valence-electron chi connectivity index (χ3n) is 3.80. The molecule has 3 nitrogen and oxygen atoms in total. The van der Waals surface area contributed by atoms with E-state index in [2.05, 4.69) is 23.2 Å². The van der Waals surface area contributed by atoms with Gasteiger partial charge in [0.1, 0.15) is 0 Å². The van der Waals surface area contributed by atoms with E-state index < -0.39 is 5.97 Å². The van der Waals surface area contributed by atoms with Crippen LogP contribution in [0.1, 0.15) is 34.8 Å². The van der Waals surface area contributed by atoms with Crippen LogP contribution in [0.15, 0.2) is 42.5 Å². The van der Waals surface area contributed by atoms with Gasteiger partial charge in [-0.25, -0.2) is 4.79 Å². The number of fused-ring (bicyclic) bond motifs is 1. The van der Waals surface area contributed by atoms with Crippen LogP contribution in [-0.2, 0) is 0 Å². The molecule has 3 aromatic rings. The van der Waals surface area contributed by atoms with Crippen LogP contribution in [0.5, 0.6) is 0 Å². The van der Waals surface area contributed by atoms with E-state index in [1.807, 2.05) is 18.2 Å². The van der Waals surface area contributed by atoms with Crippen LogP contribution in [-0.4, -0.2) is 16.1 Å². The average Bonchev–Trinajstić information content (AvgIpc) is 3.25. The molecule has 1 N–H and O–H groups in total. The number of carboxylic acid groups (broad SMARTS) is 1. The van der Waals surface area contributed by atoms with Gasteiger partial charge in [-0.2, -0.15) is 0 Å². The van der Waals surface area contributed by atoms with Crippen LogP contribution in [0.2, 0.25) is 0 Å². The maximum atomic E-state index is 11.3. The van der Waals surface area contributed by atoms with Crippen molar-refractivity contribution in [3.05, 3.63) is 53.7 Å². The number of thiophene rings is 1. The zero-order valence-corrected chi connectivity index (χ0v) is 12.1. The summed E-state index contributed by atoms with van der Waals surface area (Å²) in [7, 11) is 0. The largest absolute Gasteiger partial charge is 0.478 e. The SMILES string of the molecule is O=C(O)c1ccc(-c2cc3ccccc3s2)nc1C1CC1. The van der Waals surface area contributed by atoms with Crippen molar-refractivity contribution in [3.8, 4) is 10.6 Å². The van der Waals surface area contributed by atoms with Gasteiger partial charge in [0.25, 0.3) is 0 Å². The molecule has 0 bridgehead atoms. The van der Waals surface area contributed by atoms with Crippen LogP contribution in [0.25, 0.3) is 20.7 Å². The summed E-state index contributed by atoms with van der Waals surface area (Å²) in [5.74, 6) is -0.558. The van der Waals surface area contributed by atoms with Crippen molar-refractivity contribution in [2.45, 2.75) is 18.8 Å². The molecule has 1 aliphatic carbocycles. The lowest BCUT2D eigenvalue weighted by molar-refractivity contribution is 0.0695. The average molecular weight is 295 g/mol. The number of hydrogen-bond donors (Lipinski definition) is 1. The van der Waals surface area contributed by atoms with E-state index in [0.29, 0.717) is 11.5 Å². The third-order valence-corrected chi connectivity index (χ3v) is 4.94. The number of benzene rings is 1. The maximum Gasteiger partial charge on any atom is 0.337 e. The Morgan fingerprint density at radius 3 is 2.71 bits per heavy atom. The minimum atomic E-state index is -0.882. The summed E-state index contributed by atoms with van der Waals surface area (Å²) in [4.78, 5) is 17.0. The molecule has 0 saturated heterocycles. The minimum Gasteiger partial charge on any atom is -0.478 e. The van der Waals surface area contributed by atoms with Crippen LogP contribution >= 0.6 is 11.3 Å². The van der Waals surface area contributed by atoms with Gasteiger partial charge in [-0.1, -0.05) is 18.2 Å². The number of aromatic carboxylic acids is 1. The molecule has 1 saturated carbocycles. The fourth-order valence-electron chi connectivity index (χ4n) is 2.57. The van der Waals surface area contributed by atoms with E-state index in [1.165, 1.54) is 10.1 Å². The molecule has 0 aliphatic heterocycles. The van der Waals surface area contributed by atoms with Gasteiger partial charge in [0, 0.05) is 10.6 Å². The van der Waals surface area contributed by atoms with E-state index in [1.54, 1.807) is 17.4 Å². The molecule has 2 aromatic heterocycles. The number of rotatable bonds is 3. The first-order valence-corrected chi connectivity index (χ1v) is 7.77. The Kier molecular flexibility index (Phi) is 2.79. The van der Waals surface area contributed by atoms with Crippen molar-refractivity contribution >= 4 is 27.4 Å². The van der Waals surface area contributed by atoms with E-state index in [9.17, 15) is 9.90 Å². The highest BCUT2D eigenvalue weighted by Gasteiger charge is 2.30. The van der Waals surface area contributed by atoms with Crippen molar-refractivity contribution in [1.82, 2.24) is 4.98 Å². The zero-order valence-electron chi connectivity index (χ0n) is 11.2. The summed E-state index contributed by atoms with van der Waals surface area (Å²) < 4.78 is 1.23. The van der Waals surface area contributed by atoms with Gasteiger partial charge in [-0.05, 0) is 42.5 Å². The Morgan fingerprint density at radius 1 is 1.19 bits per heavy atom. The highest BCUT2D eigenvalue weighted by Crippen LogP contribution is 2.42. The summed E-state index contributed by atoms with van der Waals surface area (Å²) in [6, 6.07) is 13.9. The quantitative estimate of drug-likeness (QED) is 0.771. The molecule has 21 heavy (non-hydrogen) atoms. The van der Waals surface area contributed by atoms with E-state index in [4.69, 9.17) is 0 Å². The number of carboxylic acids is 1. The van der Waals surface area contributed by atoms with Crippen LogP contribution in [0.4, 0.5) is 0 Å². The predicted molar refractivity (Wildman–Crippen MR) is 84.0 cm³/mol. The van der Waals surface area contributed by atoms with Gasteiger partial charge in [-0.3, -0.25) is 4.98 Å². The van der Waals surface area contributed by atoms with Gasteiger partial charge in [0.05, 0.1) is 21.8 Å². The summed E-state index contributed by atoms with van der Waals surface area (Å²) in [5, 5.41) is 10.5. The first-order chi connectivity index (χ1) is 10.2. The highest BCUT2D eigenvalue weighted by molar-refractivity contribution is 7.22. The topological polar surface area (TPSA) is 50.2 Å². The lowest BCUT2D eigenvalue weighted by Gasteiger charge is -2.06. The standard InChI is InChI=1S/C17H13NO2S/c19-17(20)12-7-8-13(18-16(12)10-5-6-10)15-9-11-3-1-2-4-14(11)21-15/h1-4,7-10H,5-6H2,(H,19,20). The smallest absolute Gasteiger partial charge is 0.337 e. The van der Waals surface area contributed by atoms with Crippen LogP contribution in [0.3, 0.4) is 0 Å². The number of nitrogens with zero attached hydrogens (tertiary/aromatic N) is 1. The molecule has 4 heteroatoms. The van der Waals surface area contributed by atoms with Gasteiger partial charge in [-0.15, -0.1) is 11.3 Å². The van der Waals surface area contributed by atoms with Gasteiger partial charge < -0.3 is 5.11 Å². The monoisotopic (exact) mass is 295 g/mol. The Balaban J connectivity index is 1.84. The van der Waals surface area contributed by atoms with Crippen LogP contribution in [0, 0.1) is 0 Å². The summed E-state index contributed by atoms with van der Waals surface area (Å²) in [6.45, 7) is 0. The first-order valence-electron chi connectivity index (χ1n) is 6.95. The van der Waals surface area contributed by atoms with Gasteiger partial charge in [0.2, 0.25) is 0 Å². The van der Waals surface area contributed by atoms with Crippen molar-refractivity contribution in [2.24, 2.45) is 0 Å². The molecule has 0 spiro atoms. The van der Waals surface area contributed by atoms with E-state index in [-0.39, 0.29) is 0 Å². The Labute approximate surface area is 125 Å². The molecule has 1 fully saturated rings. The molecule has 1 aromatic carbocycles. The number of aromatic nitrogens is 1. The molecule has 2 heterocycles. The number of carbonyl (C=O) groups is 1. The van der Waals surface area contributed by atoms with Gasteiger partial charge >= 0.3 is 5.97 Å². The Hall–Kier alpha value is -2.20. The molecule has 0 unspecified atom stereocenters. The highest BCUT2D eigenvalue weighted by atomic mass is 32.1. The van der Waals surface area contributed by atoms with Gasteiger partial charge in [0.15, 0.2) is 0 Å². The van der Waals surface area contributed by atoms with Crippen molar-refractivity contribution in [2.75, 3.05) is 0 Å². The molecule has 104 valence electrons. The second-order valence-corrected chi connectivity index (χ2v) is 6.44. The first kappa shape index (κ1) is 12.5. The molecular formula is C17H13NO2S. The van der Waals surface area contributed by atoms with Crippen molar-refractivity contribution in [1.29, 1.82) is 0 Å². The Bertz CT molecular complexity index is 816. The van der Waals surface area contributed by atoms with Crippen molar-refractivity contribution in [3.63, 3.8) is 0 Å². The second-order valence-electron chi connectivity index (χ2n) is 5.36. The summed E-state index contributed by atoms with van der Waals surface area (Å²) in [6.07, 6.45) is 2.09. The minimum absolute atomic E-state index is 0.324. The molecular weight excluding hydrogens is 282 g/mol. The third kappa shape index (κ3) is 2.21. The maximum absolute atomic E-state index is 11.3. The summed E-state index contributed by atoms with van der Waals surface area (Å²) in [5.41, 5.74) is 1.97.